The van der Waals surface area contributed by atoms with Crippen LogP contribution >= 0.6 is 0 Å². The van der Waals surface area contributed by atoms with Crippen LogP contribution in [0.5, 0.6) is 0 Å². The van der Waals surface area contributed by atoms with Crippen LogP contribution in [0, 0.1) is 5.92 Å². The van der Waals surface area contributed by atoms with Gasteiger partial charge in [-0.3, -0.25) is 0 Å². The van der Waals surface area contributed by atoms with Gasteiger partial charge in [0.2, 0.25) is 10.0 Å². The van der Waals surface area contributed by atoms with Crippen LogP contribution in [0.25, 0.3) is 0 Å². The molecule has 0 aromatic rings. The summed E-state index contributed by atoms with van der Waals surface area (Å²) in [5, 5.41) is 3.24. The highest BCUT2D eigenvalue weighted by Gasteiger charge is 2.36. The second-order valence-electron chi connectivity index (χ2n) is 5.49. The molecule has 2 aliphatic heterocycles. The van der Waals surface area contributed by atoms with Crippen molar-refractivity contribution in [2.24, 2.45) is 5.92 Å². The number of rotatable bonds is 6. The van der Waals surface area contributed by atoms with Crippen molar-refractivity contribution in [3.05, 3.63) is 0 Å². The van der Waals surface area contributed by atoms with Crippen LogP contribution in [0.1, 0.15) is 19.3 Å². The van der Waals surface area contributed by atoms with Crippen molar-refractivity contribution in [2.45, 2.75) is 24.9 Å². The molecule has 0 bridgehead atoms. The SMILES string of the molecule is COC1(CNS(=O)(=O)CC2CCNCC2)CCOC1. The molecule has 2 fully saturated rings. The van der Waals surface area contributed by atoms with Crippen LogP contribution in [-0.2, 0) is 19.5 Å². The number of hydrogen-bond acceptors (Lipinski definition) is 5. The number of methoxy groups -OCH3 is 1. The summed E-state index contributed by atoms with van der Waals surface area (Å²) in [6.07, 6.45) is 2.60. The summed E-state index contributed by atoms with van der Waals surface area (Å²) >= 11 is 0. The van der Waals surface area contributed by atoms with Gasteiger partial charge in [0.25, 0.3) is 0 Å². The van der Waals surface area contributed by atoms with E-state index < -0.39 is 15.6 Å². The molecule has 7 heteroatoms. The average Bonchev–Trinajstić information content (AvgIpc) is 2.87. The lowest BCUT2D eigenvalue weighted by molar-refractivity contribution is -0.0120. The normalized spacial score (nSPS) is 29.7. The lowest BCUT2D eigenvalue weighted by Crippen LogP contribution is -2.46. The number of hydrogen-bond donors (Lipinski definition) is 2. The predicted molar refractivity (Wildman–Crippen MR) is 72.6 cm³/mol. The maximum absolute atomic E-state index is 12.1. The third kappa shape index (κ3) is 4.39. The van der Waals surface area contributed by atoms with Crippen molar-refractivity contribution < 1.29 is 17.9 Å². The van der Waals surface area contributed by atoms with E-state index >= 15 is 0 Å². The van der Waals surface area contributed by atoms with Gasteiger partial charge in [0, 0.05) is 26.7 Å². The Morgan fingerprint density at radius 3 is 2.74 bits per heavy atom. The summed E-state index contributed by atoms with van der Waals surface area (Å²) in [4.78, 5) is 0. The first-order chi connectivity index (χ1) is 9.05. The van der Waals surface area contributed by atoms with Crippen molar-refractivity contribution in [1.82, 2.24) is 10.0 Å². The fourth-order valence-corrected chi connectivity index (χ4v) is 4.17. The summed E-state index contributed by atoms with van der Waals surface area (Å²) in [5.41, 5.74) is -0.485. The molecule has 0 radical (unpaired) electrons. The number of ether oxygens (including phenoxy) is 2. The predicted octanol–water partition coefficient (Wildman–Crippen LogP) is -0.289. The molecule has 0 aliphatic carbocycles. The topological polar surface area (TPSA) is 76.7 Å². The van der Waals surface area contributed by atoms with Crippen LogP contribution in [0.4, 0.5) is 0 Å². The second-order valence-corrected chi connectivity index (χ2v) is 7.34. The Hall–Kier alpha value is -0.210. The lowest BCUT2D eigenvalue weighted by atomic mass is 10.0. The van der Waals surface area contributed by atoms with E-state index in [1.165, 1.54) is 0 Å². The Morgan fingerprint density at radius 1 is 1.42 bits per heavy atom. The van der Waals surface area contributed by atoms with Crippen molar-refractivity contribution >= 4 is 10.0 Å². The molecule has 0 spiro atoms. The molecule has 2 aliphatic rings. The largest absolute Gasteiger partial charge is 0.378 e. The Kier molecular flexibility index (Phi) is 5.19. The van der Waals surface area contributed by atoms with Gasteiger partial charge >= 0.3 is 0 Å². The lowest BCUT2D eigenvalue weighted by Gasteiger charge is -2.27. The van der Waals surface area contributed by atoms with E-state index in [4.69, 9.17) is 9.47 Å². The standard InChI is InChI=1S/C12H24N2O4S/c1-17-12(4-7-18-10-12)9-14-19(15,16)8-11-2-5-13-6-3-11/h11,13-14H,2-10H2,1H3. The maximum atomic E-state index is 12.1. The number of sulfonamides is 1. The molecule has 0 aromatic heterocycles. The third-order valence-corrected chi connectivity index (χ3v) is 5.52. The summed E-state index contributed by atoms with van der Waals surface area (Å²) in [6, 6.07) is 0. The van der Waals surface area contributed by atoms with Crippen LogP contribution in [-0.4, -0.2) is 59.7 Å². The van der Waals surface area contributed by atoms with Gasteiger partial charge in [-0.25, -0.2) is 13.1 Å². The van der Waals surface area contributed by atoms with Gasteiger partial charge in [0.05, 0.1) is 12.4 Å². The first kappa shape index (κ1) is 15.2. The number of piperidine rings is 1. The van der Waals surface area contributed by atoms with Gasteiger partial charge in [-0.2, -0.15) is 0 Å². The van der Waals surface area contributed by atoms with Gasteiger partial charge in [0.15, 0.2) is 0 Å². The third-order valence-electron chi connectivity index (χ3n) is 4.03. The number of nitrogens with one attached hydrogen (secondary N) is 2. The molecule has 0 saturated carbocycles. The Labute approximate surface area is 115 Å². The summed E-state index contributed by atoms with van der Waals surface area (Å²) in [7, 11) is -1.62. The van der Waals surface area contributed by atoms with Crippen molar-refractivity contribution in [3.8, 4) is 0 Å². The van der Waals surface area contributed by atoms with Crippen LogP contribution in [0.15, 0.2) is 0 Å². The van der Waals surface area contributed by atoms with Gasteiger partial charge in [-0.05, 0) is 31.8 Å². The molecule has 2 heterocycles. The van der Waals surface area contributed by atoms with E-state index in [1.807, 2.05) is 0 Å². The fraction of sp³-hybridized carbons (Fsp3) is 1.00. The molecule has 0 aromatic carbocycles. The van der Waals surface area contributed by atoms with Crippen LogP contribution < -0.4 is 10.0 Å². The van der Waals surface area contributed by atoms with Crippen LogP contribution in [0.2, 0.25) is 0 Å². The summed E-state index contributed by atoms with van der Waals surface area (Å²) in [6.45, 7) is 3.21. The van der Waals surface area contributed by atoms with E-state index in [2.05, 4.69) is 10.0 Å². The van der Waals surface area contributed by atoms with Gasteiger partial charge < -0.3 is 14.8 Å². The van der Waals surface area contributed by atoms with E-state index in [0.29, 0.717) is 19.8 Å². The first-order valence-corrected chi connectivity index (χ1v) is 8.51. The van der Waals surface area contributed by atoms with Gasteiger partial charge in [-0.1, -0.05) is 0 Å². The molecule has 1 unspecified atom stereocenters. The zero-order chi connectivity index (χ0) is 13.8. The molecular weight excluding hydrogens is 268 g/mol. The average molecular weight is 292 g/mol. The Bertz CT molecular complexity index is 373. The molecule has 0 amide bonds. The first-order valence-electron chi connectivity index (χ1n) is 6.86. The molecule has 112 valence electrons. The van der Waals surface area contributed by atoms with Gasteiger partial charge in [0.1, 0.15) is 5.60 Å². The highest BCUT2D eigenvalue weighted by Crippen LogP contribution is 2.22. The van der Waals surface area contributed by atoms with Gasteiger partial charge in [-0.15, -0.1) is 0 Å². The molecule has 2 N–H and O–H groups in total. The zero-order valence-electron chi connectivity index (χ0n) is 11.5. The zero-order valence-corrected chi connectivity index (χ0v) is 12.3. The molecule has 6 nitrogen and oxygen atoms in total. The molecule has 2 rings (SSSR count). The van der Waals surface area contributed by atoms with Crippen molar-refractivity contribution in [3.63, 3.8) is 0 Å². The second kappa shape index (κ2) is 6.49. The van der Waals surface area contributed by atoms with E-state index in [9.17, 15) is 8.42 Å². The highest BCUT2D eigenvalue weighted by atomic mass is 32.2. The molecule has 2 saturated heterocycles. The highest BCUT2D eigenvalue weighted by molar-refractivity contribution is 7.89. The quantitative estimate of drug-likeness (QED) is 0.703. The summed E-state index contributed by atoms with van der Waals surface area (Å²) in [5.74, 6) is 0.479. The van der Waals surface area contributed by atoms with Crippen molar-refractivity contribution in [2.75, 3.05) is 45.7 Å². The van der Waals surface area contributed by atoms with Crippen LogP contribution in [0.3, 0.4) is 0 Å². The molecular formula is C12H24N2O4S. The minimum atomic E-state index is -3.23. The summed E-state index contributed by atoms with van der Waals surface area (Å²) < 4.78 is 37.6. The maximum Gasteiger partial charge on any atom is 0.211 e. The Morgan fingerprint density at radius 2 is 2.16 bits per heavy atom. The molecule has 1 atom stereocenters. The van der Waals surface area contributed by atoms with E-state index in [1.54, 1.807) is 7.11 Å². The fourth-order valence-electron chi connectivity index (χ4n) is 2.62. The minimum Gasteiger partial charge on any atom is -0.378 e. The monoisotopic (exact) mass is 292 g/mol. The minimum absolute atomic E-state index is 0.218. The van der Waals surface area contributed by atoms with E-state index in [-0.39, 0.29) is 11.7 Å². The van der Waals surface area contributed by atoms with Crippen molar-refractivity contribution in [1.29, 1.82) is 0 Å². The smallest absolute Gasteiger partial charge is 0.211 e. The Balaban J connectivity index is 1.83. The molecule has 19 heavy (non-hydrogen) atoms. The van der Waals surface area contributed by atoms with E-state index in [0.717, 1.165) is 32.4 Å².